The van der Waals surface area contributed by atoms with Gasteiger partial charge in [-0.15, -0.1) is 0 Å². The van der Waals surface area contributed by atoms with E-state index in [0.717, 1.165) is 5.69 Å². The quantitative estimate of drug-likeness (QED) is 0.806. The van der Waals surface area contributed by atoms with Gasteiger partial charge in [-0.2, -0.15) is 0 Å². The van der Waals surface area contributed by atoms with E-state index in [9.17, 15) is 4.79 Å². The van der Waals surface area contributed by atoms with E-state index in [2.05, 4.69) is 5.16 Å². The summed E-state index contributed by atoms with van der Waals surface area (Å²) in [6.07, 6.45) is 0. The number of aromatic nitrogens is 1. The molecule has 0 unspecified atom stereocenters. The zero-order valence-electron chi connectivity index (χ0n) is 9.58. The van der Waals surface area contributed by atoms with Crippen LogP contribution in [0.5, 0.6) is 0 Å². The van der Waals surface area contributed by atoms with E-state index in [1.165, 1.54) is 17.8 Å². The van der Waals surface area contributed by atoms with Gasteiger partial charge in [0.2, 0.25) is 5.76 Å². The number of furan rings is 1. The van der Waals surface area contributed by atoms with Crippen LogP contribution in [0.15, 0.2) is 32.2 Å². The summed E-state index contributed by atoms with van der Waals surface area (Å²) in [6.45, 7) is 0.377. The third-order valence-electron chi connectivity index (χ3n) is 2.05. The Morgan fingerprint density at radius 2 is 2.39 bits per heavy atom. The van der Waals surface area contributed by atoms with Crippen LogP contribution in [0, 0.1) is 0 Å². The minimum absolute atomic E-state index is 0.0716. The van der Waals surface area contributed by atoms with Crippen LogP contribution in [0.4, 0.5) is 0 Å². The van der Waals surface area contributed by atoms with Gasteiger partial charge in [0.1, 0.15) is 6.61 Å². The first-order valence-electron chi connectivity index (χ1n) is 5.08. The Morgan fingerprint density at radius 1 is 1.56 bits per heavy atom. The second kappa shape index (κ2) is 5.74. The lowest BCUT2D eigenvalue weighted by atomic mass is 10.4. The molecule has 0 saturated carbocycles. The molecular weight excluding hydrogens is 258 g/mol. The standard InChI is InChI=1S/C11H11NO5S/c1-15-5-8-4-7(12-17-8)6-18-10-3-2-9(16-10)11(13)14/h2-4H,5-6H2,1H3,(H,13,14). The number of hydrogen-bond donors (Lipinski definition) is 1. The van der Waals surface area contributed by atoms with Gasteiger partial charge < -0.3 is 18.8 Å². The van der Waals surface area contributed by atoms with Crippen LogP contribution >= 0.6 is 11.8 Å². The van der Waals surface area contributed by atoms with Gasteiger partial charge in [-0.05, 0) is 12.1 Å². The van der Waals surface area contributed by atoms with E-state index in [1.807, 2.05) is 0 Å². The molecule has 0 atom stereocenters. The molecule has 6 nitrogen and oxygen atoms in total. The molecule has 2 heterocycles. The van der Waals surface area contributed by atoms with E-state index in [0.29, 0.717) is 23.2 Å². The summed E-state index contributed by atoms with van der Waals surface area (Å²) in [7, 11) is 1.58. The maximum absolute atomic E-state index is 10.6. The summed E-state index contributed by atoms with van der Waals surface area (Å²) in [6, 6.07) is 4.83. The van der Waals surface area contributed by atoms with Gasteiger partial charge in [0.25, 0.3) is 0 Å². The Kier molecular flexibility index (Phi) is 4.06. The number of carboxylic acid groups (broad SMARTS) is 1. The van der Waals surface area contributed by atoms with Crippen LogP contribution in [0.1, 0.15) is 22.0 Å². The highest BCUT2D eigenvalue weighted by Gasteiger charge is 2.10. The second-order valence-corrected chi connectivity index (χ2v) is 4.41. The molecule has 0 spiro atoms. The SMILES string of the molecule is COCc1cc(CSc2ccc(C(=O)O)o2)no1. The molecule has 0 amide bonds. The molecule has 7 heteroatoms. The number of thioether (sulfide) groups is 1. The highest BCUT2D eigenvalue weighted by molar-refractivity contribution is 7.98. The third-order valence-corrected chi connectivity index (χ3v) is 2.99. The monoisotopic (exact) mass is 269 g/mol. The maximum Gasteiger partial charge on any atom is 0.371 e. The Labute approximate surface area is 107 Å². The van der Waals surface area contributed by atoms with Crippen molar-refractivity contribution in [2.45, 2.75) is 17.5 Å². The molecule has 2 aromatic rings. The molecule has 1 N–H and O–H groups in total. The highest BCUT2D eigenvalue weighted by Crippen LogP contribution is 2.24. The van der Waals surface area contributed by atoms with Crippen LogP contribution in [-0.4, -0.2) is 23.3 Å². The first-order chi connectivity index (χ1) is 8.69. The number of nitrogens with zero attached hydrogens (tertiary/aromatic N) is 1. The van der Waals surface area contributed by atoms with Crippen molar-refractivity contribution in [3.05, 3.63) is 35.4 Å². The summed E-state index contributed by atoms with van der Waals surface area (Å²) in [5.74, 6) is 0.0435. The molecule has 0 aromatic carbocycles. The predicted octanol–water partition coefficient (Wildman–Crippen LogP) is 2.40. The van der Waals surface area contributed by atoms with E-state index in [4.69, 9.17) is 18.8 Å². The average molecular weight is 269 g/mol. The molecule has 0 aliphatic rings. The van der Waals surface area contributed by atoms with Gasteiger partial charge in [-0.1, -0.05) is 16.9 Å². The van der Waals surface area contributed by atoms with Gasteiger partial charge in [0.05, 0.1) is 5.69 Å². The van der Waals surface area contributed by atoms with Gasteiger partial charge >= 0.3 is 5.97 Å². The molecule has 0 bridgehead atoms. The summed E-state index contributed by atoms with van der Waals surface area (Å²) in [4.78, 5) is 10.6. The van der Waals surface area contributed by atoms with Crippen LogP contribution in [0.25, 0.3) is 0 Å². The van der Waals surface area contributed by atoms with Crippen molar-refractivity contribution >= 4 is 17.7 Å². The molecule has 2 rings (SSSR count). The normalized spacial score (nSPS) is 10.7. The fraction of sp³-hybridized carbons (Fsp3) is 0.273. The Bertz CT molecular complexity index is 533. The minimum atomic E-state index is -1.08. The number of carboxylic acids is 1. The summed E-state index contributed by atoms with van der Waals surface area (Å²) in [5.41, 5.74) is 0.750. The maximum atomic E-state index is 10.6. The number of methoxy groups -OCH3 is 1. The summed E-state index contributed by atoms with van der Waals surface area (Å²) >= 11 is 1.35. The van der Waals surface area contributed by atoms with Crippen LogP contribution < -0.4 is 0 Å². The molecule has 0 saturated heterocycles. The number of carbonyl (C=O) groups is 1. The summed E-state index contributed by atoms with van der Waals surface area (Å²) in [5, 5.41) is 13.1. The number of aromatic carboxylic acids is 1. The lowest BCUT2D eigenvalue weighted by Gasteiger charge is -1.92. The van der Waals surface area contributed by atoms with Crippen molar-refractivity contribution in [1.82, 2.24) is 5.16 Å². The van der Waals surface area contributed by atoms with E-state index in [1.54, 1.807) is 19.2 Å². The van der Waals surface area contributed by atoms with Gasteiger partial charge in [0.15, 0.2) is 10.9 Å². The number of rotatable bonds is 6. The lowest BCUT2D eigenvalue weighted by molar-refractivity contribution is 0.0656. The van der Waals surface area contributed by atoms with Gasteiger partial charge in [0, 0.05) is 18.9 Å². The molecular formula is C11H11NO5S. The average Bonchev–Trinajstić information content (AvgIpc) is 2.95. The number of ether oxygens (including phenoxy) is 1. The largest absolute Gasteiger partial charge is 0.475 e. The van der Waals surface area contributed by atoms with E-state index < -0.39 is 5.97 Å². The van der Waals surface area contributed by atoms with Gasteiger partial charge in [-0.25, -0.2) is 4.79 Å². The Balaban J connectivity index is 1.91. The van der Waals surface area contributed by atoms with Crippen molar-refractivity contribution in [2.24, 2.45) is 0 Å². The first kappa shape index (κ1) is 12.7. The Morgan fingerprint density at radius 3 is 3.06 bits per heavy atom. The van der Waals surface area contributed by atoms with Crippen molar-refractivity contribution in [3.63, 3.8) is 0 Å². The molecule has 18 heavy (non-hydrogen) atoms. The fourth-order valence-corrected chi connectivity index (χ4v) is 2.03. The first-order valence-corrected chi connectivity index (χ1v) is 6.07. The van der Waals surface area contributed by atoms with Crippen molar-refractivity contribution in [2.75, 3.05) is 7.11 Å². The van der Waals surface area contributed by atoms with Crippen molar-refractivity contribution in [3.8, 4) is 0 Å². The molecule has 96 valence electrons. The zero-order chi connectivity index (χ0) is 13.0. The smallest absolute Gasteiger partial charge is 0.371 e. The van der Waals surface area contributed by atoms with Crippen molar-refractivity contribution in [1.29, 1.82) is 0 Å². The fourth-order valence-electron chi connectivity index (χ4n) is 1.29. The molecule has 2 aromatic heterocycles. The van der Waals surface area contributed by atoms with Crippen molar-refractivity contribution < 1.29 is 23.6 Å². The van der Waals surface area contributed by atoms with E-state index in [-0.39, 0.29) is 5.76 Å². The molecule has 0 fully saturated rings. The van der Waals surface area contributed by atoms with E-state index >= 15 is 0 Å². The molecule has 0 aliphatic carbocycles. The number of hydrogen-bond acceptors (Lipinski definition) is 6. The van der Waals surface area contributed by atoms with Crippen LogP contribution in [0.2, 0.25) is 0 Å². The second-order valence-electron chi connectivity index (χ2n) is 3.43. The zero-order valence-corrected chi connectivity index (χ0v) is 10.4. The molecule has 0 aliphatic heterocycles. The molecule has 0 radical (unpaired) electrons. The Hall–Kier alpha value is -1.73. The predicted molar refractivity (Wildman–Crippen MR) is 62.4 cm³/mol. The third kappa shape index (κ3) is 3.14. The lowest BCUT2D eigenvalue weighted by Crippen LogP contribution is -1.91. The van der Waals surface area contributed by atoms with Crippen LogP contribution in [-0.2, 0) is 17.1 Å². The summed E-state index contributed by atoms with van der Waals surface area (Å²) < 4.78 is 15.0. The minimum Gasteiger partial charge on any atom is -0.475 e. The van der Waals surface area contributed by atoms with Gasteiger partial charge in [-0.3, -0.25) is 0 Å². The van der Waals surface area contributed by atoms with Crippen LogP contribution in [0.3, 0.4) is 0 Å². The topological polar surface area (TPSA) is 85.7 Å². The highest BCUT2D eigenvalue weighted by atomic mass is 32.2.